The monoisotopic (exact) mass is 354 g/mol. The van der Waals surface area contributed by atoms with Gasteiger partial charge in [0.2, 0.25) is 0 Å². The van der Waals surface area contributed by atoms with Crippen LogP contribution in [-0.2, 0) is 12.0 Å². The van der Waals surface area contributed by atoms with E-state index in [0.717, 1.165) is 33.2 Å². The van der Waals surface area contributed by atoms with E-state index < -0.39 is 0 Å². The van der Waals surface area contributed by atoms with Crippen molar-refractivity contribution < 1.29 is 4.74 Å². The van der Waals surface area contributed by atoms with Crippen molar-refractivity contribution in [3.05, 3.63) is 38.8 Å². The number of nitrogens with one attached hydrogen (secondary N) is 1. The van der Waals surface area contributed by atoms with Crippen molar-refractivity contribution in [2.45, 2.75) is 32.7 Å². The number of methoxy groups -OCH3 is 1. The van der Waals surface area contributed by atoms with Crippen LogP contribution in [0.15, 0.2) is 28.1 Å². The number of nitrogens with zero attached hydrogens (tertiary/aromatic N) is 1. The zero-order valence-corrected chi connectivity index (χ0v) is 14.6. The highest BCUT2D eigenvalue weighted by Crippen LogP contribution is 2.28. The number of thiazole rings is 1. The van der Waals surface area contributed by atoms with Gasteiger partial charge in [-0.05, 0) is 28.1 Å². The molecule has 108 valence electrons. The van der Waals surface area contributed by atoms with Crippen molar-refractivity contribution in [2.75, 3.05) is 12.4 Å². The molecule has 0 bridgehead atoms. The van der Waals surface area contributed by atoms with Crippen molar-refractivity contribution in [3.63, 3.8) is 0 Å². The average molecular weight is 355 g/mol. The molecular formula is C15H19BrN2OS. The summed E-state index contributed by atoms with van der Waals surface area (Å²) in [7, 11) is 1.67. The number of ether oxygens (including phenoxy) is 1. The fourth-order valence-electron chi connectivity index (χ4n) is 1.68. The molecule has 2 rings (SSSR count). The fourth-order valence-corrected chi connectivity index (χ4v) is 3.05. The molecule has 1 aromatic carbocycles. The maximum atomic E-state index is 5.29. The van der Waals surface area contributed by atoms with Crippen LogP contribution in [0, 0.1) is 0 Å². The van der Waals surface area contributed by atoms with Gasteiger partial charge in [0.15, 0.2) is 0 Å². The Hall–Kier alpha value is -1.07. The zero-order chi connectivity index (χ0) is 14.8. The van der Waals surface area contributed by atoms with Crippen LogP contribution in [0.1, 0.15) is 31.5 Å². The molecule has 1 heterocycles. The van der Waals surface area contributed by atoms with E-state index in [9.17, 15) is 0 Å². The molecule has 0 atom stereocenters. The molecule has 0 saturated carbocycles. The third-order valence-electron chi connectivity index (χ3n) is 2.92. The second-order valence-corrected chi connectivity index (χ2v) is 7.38. The quantitative estimate of drug-likeness (QED) is 0.854. The van der Waals surface area contributed by atoms with Crippen molar-refractivity contribution in [1.82, 2.24) is 4.98 Å². The summed E-state index contributed by atoms with van der Waals surface area (Å²) < 4.78 is 6.24. The molecule has 5 heteroatoms. The maximum Gasteiger partial charge on any atom is 0.135 e. The lowest BCUT2D eigenvalue weighted by molar-refractivity contribution is 0.412. The van der Waals surface area contributed by atoms with Gasteiger partial charge in [-0.1, -0.05) is 20.8 Å². The molecule has 2 aromatic rings. The molecule has 0 aliphatic rings. The lowest BCUT2D eigenvalue weighted by atomic mass is 9.93. The van der Waals surface area contributed by atoms with Crippen LogP contribution >= 0.6 is 27.3 Å². The van der Waals surface area contributed by atoms with E-state index in [-0.39, 0.29) is 5.41 Å². The third-order valence-corrected chi connectivity index (χ3v) is 4.42. The largest absolute Gasteiger partial charge is 0.495 e. The van der Waals surface area contributed by atoms with Crippen molar-refractivity contribution in [1.29, 1.82) is 0 Å². The van der Waals surface area contributed by atoms with Crippen LogP contribution in [0.25, 0.3) is 0 Å². The van der Waals surface area contributed by atoms with E-state index in [1.54, 1.807) is 18.4 Å². The zero-order valence-electron chi connectivity index (χ0n) is 12.2. The summed E-state index contributed by atoms with van der Waals surface area (Å²) in [4.78, 5) is 4.67. The molecule has 0 fully saturated rings. The third kappa shape index (κ3) is 3.73. The van der Waals surface area contributed by atoms with Crippen LogP contribution in [0.3, 0.4) is 0 Å². The summed E-state index contributed by atoms with van der Waals surface area (Å²) in [5.74, 6) is 0.824. The Morgan fingerprint density at radius 1 is 1.35 bits per heavy atom. The number of halogens is 1. The van der Waals surface area contributed by atoms with Gasteiger partial charge in [-0.3, -0.25) is 0 Å². The first kappa shape index (κ1) is 15.3. The van der Waals surface area contributed by atoms with Gasteiger partial charge >= 0.3 is 0 Å². The van der Waals surface area contributed by atoms with Crippen LogP contribution in [0.4, 0.5) is 5.69 Å². The minimum Gasteiger partial charge on any atom is -0.495 e. The molecular weight excluding hydrogens is 336 g/mol. The molecule has 0 aliphatic heterocycles. The minimum atomic E-state index is 0.107. The smallest absolute Gasteiger partial charge is 0.135 e. The van der Waals surface area contributed by atoms with E-state index in [2.05, 4.69) is 52.4 Å². The highest BCUT2D eigenvalue weighted by molar-refractivity contribution is 9.10. The van der Waals surface area contributed by atoms with E-state index in [4.69, 9.17) is 4.74 Å². The van der Waals surface area contributed by atoms with E-state index >= 15 is 0 Å². The summed E-state index contributed by atoms with van der Waals surface area (Å²) in [6, 6.07) is 5.97. The molecule has 0 spiro atoms. The molecule has 0 amide bonds. The maximum absolute atomic E-state index is 5.29. The van der Waals surface area contributed by atoms with E-state index in [1.807, 2.05) is 18.2 Å². The number of aromatic nitrogens is 1. The first-order valence-corrected chi connectivity index (χ1v) is 8.09. The van der Waals surface area contributed by atoms with Crippen LogP contribution in [-0.4, -0.2) is 12.1 Å². The summed E-state index contributed by atoms with van der Waals surface area (Å²) in [5, 5.41) is 6.61. The van der Waals surface area contributed by atoms with Gasteiger partial charge in [-0.2, -0.15) is 0 Å². The average Bonchev–Trinajstić information content (AvgIpc) is 2.86. The Kier molecular flexibility index (Phi) is 4.70. The van der Waals surface area contributed by atoms with Crippen LogP contribution < -0.4 is 10.1 Å². The van der Waals surface area contributed by atoms with Gasteiger partial charge in [-0.25, -0.2) is 4.98 Å². The highest BCUT2D eigenvalue weighted by atomic mass is 79.9. The molecule has 0 aliphatic carbocycles. The molecule has 20 heavy (non-hydrogen) atoms. The Balaban J connectivity index is 2.04. The Bertz CT molecular complexity index is 590. The van der Waals surface area contributed by atoms with Crippen LogP contribution in [0.5, 0.6) is 5.75 Å². The molecule has 1 N–H and O–H groups in total. The topological polar surface area (TPSA) is 34.1 Å². The number of anilines is 1. The second kappa shape index (κ2) is 6.14. The van der Waals surface area contributed by atoms with Crippen molar-refractivity contribution in [2.24, 2.45) is 0 Å². The molecule has 0 unspecified atom stereocenters. The lowest BCUT2D eigenvalue weighted by Gasteiger charge is -2.14. The number of hydrogen-bond acceptors (Lipinski definition) is 4. The number of benzene rings is 1. The van der Waals surface area contributed by atoms with Gasteiger partial charge < -0.3 is 10.1 Å². The first-order valence-electron chi connectivity index (χ1n) is 6.42. The molecule has 3 nitrogen and oxygen atoms in total. The number of hydrogen-bond donors (Lipinski definition) is 1. The second-order valence-electron chi connectivity index (χ2n) is 5.58. The summed E-state index contributed by atoms with van der Waals surface area (Å²) in [6.07, 6.45) is 0. The summed E-state index contributed by atoms with van der Waals surface area (Å²) >= 11 is 5.14. The van der Waals surface area contributed by atoms with Crippen molar-refractivity contribution in [3.8, 4) is 5.75 Å². The fraction of sp³-hybridized carbons (Fsp3) is 0.400. The lowest BCUT2D eigenvalue weighted by Crippen LogP contribution is -2.11. The Morgan fingerprint density at radius 3 is 2.70 bits per heavy atom. The van der Waals surface area contributed by atoms with Gasteiger partial charge in [-0.15, -0.1) is 11.3 Å². The van der Waals surface area contributed by atoms with E-state index in [1.165, 1.54) is 0 Å². The van der Waals surface area contributed by atoms with Gasteiger partial charge in [0.05, 0.1) is 23.8 Å². The molecule has 1 aromatic heterocycles. The molecule has 0 radical (unpaired) electrons. The minimum absolute atomic E-state index is 0.107. The highest BCUT2D eigenvalue weighted by Gasteiger charge is 2.17. The van der Waals surface area contributed by atoms with Gasteiger partial charge in [0.1, 0.15) is 10.8 Å². The Labute approximate surface area is 132 Å². The molecule has 0 saturated heterocycles. The first-order chi connectivity index (χ1) is 9.40. The van der Waals surface area contributed by atoms with Gasteiger partial charge in [0.25, 0.3) is 0 Å². The normalized spacial score (nSPS) is 11.4. The SMILES string of the molecule is COc1cc(NCc2nc(C(C)(C)C)cs2)ccc1Br. The van der Waals surface area contributed by atoms with E-state index in [0.29, 0.717) is 0 Å². The van der Waals surface area contributed by atoms with Crippen molar-refractivity contribution >= 4 is 33.0 Å². The van der Waals surface area contributed by atoms with Gasteiger partial charge in [0, 0.05) is 22.5 Å². The predicted octanol–water partition coefficient (Wildman–Crippen LogP) is 4.82. The Morgan fingerprint density at radius 2 is 2.10 bits per heavy atom. The van der Waals surface area contributed by atoms with Crippen LogP contribution in [0.2, 0.25) is 0 Å². The summed E-state index contributed by atoms with van der Waals surface area (Å²) in [6.45, 7) is 7.27. The summed E-state index contributed by atoms with van der Waals surface area (Å²) in [5.41, 5.74) is 2.28. The predicted molar refractivity (Wildman–Crippen MR) is 88.8 cm³/mol. The number of rotatable bonds is 4. The standard InChI is InChI=1S/C15H19BrN2OS/c1-15(2,3)13-9-20-14(18-13)8-17-10-5-6-11(16)12(7-10)19-4/h5-7,9,17H,8H2,1-4H3.